The third-order valence-corrected chi connectivity index (χ3v) is 6.04. The van der Waals surface area contributed by atoms with Crippen molar-refractivity contribution in [2.24, 2.45) is 0 Å². The summed E-state index contributed by atoms with van der Waals surface area (Å²) in [4.78, 5) is 0. The minimum atomic E-state index is -1.45. The Morgan fingerprint density at radius 3 is 2.26 bits per heavy atom. The summed E-state index contributed by atoms with van der Waals surface area (Å²) in [6.07, 6.45) is 3.45. The summed E-state index contributed by atoms with van der Waals surface area (Å²) >= 11 is 1.55. The van der Waals surface area contributed by atoms with E-state index in [1.807, 2.05) is 0 Å². The van der Waals surface area contributed by atoms with Gasteiger partial charge in [-0.15, -0.1) is 40.6 Å². The Hall–Kier alpha value is -0.700. The Bertz CT molecular complexity index is 1030. The topological polar surface area (TPSA) is 9.23 Å². The molecule has 0 aromatic heterocycles. The zero-order valence-corrected chi connectivity index (χ0v) is 24.0. The first-order valence-corrected chi connectivity index (χ1v) is 15.0. The Balaban J connectivity index is 0.000000741. The fraction of sp³-hybridized carbons (Fsp3) is 0.308. The van der Waals surface area contributed by atoms with E-state index in [1.54, 1.807) is 24.2 Å². The summed E-state index contributed by atoms with van der Waals surface area (Å²) in [5.74, 6) is 0.359. The smallest absolute Gasteiger partial charge is 0.183 e. The summed E-state index contributed by atoms with van der Waals surface area (Å²) in [6, 6.07) is 22.1. The van der Waals surface area contributed by atoms with Crippen LogP contribution in [0.1, 0.15) is 42.9 Å². The summed E-state index contributed by atoms with van der Waals surface area (Å²) < 4.78 is 7.61. The quantitative estimate of drug-likeness (QED) is 0.342. The maximum absolute atomic E-state index is 6.10. The van der Waals surface area contributed by atoms with E-state index in [0.717, 1.165) is 13.0 Å². The molecule has 0 radical (unpaired) electrons. The van der Waals surface area contributed by atoms with Gasteiger partial charge in [0.05, 0.1) is 0 Å². The Morgan fingerprint density at radius 1 is 0.968 bits per heavy atom. The number of hydrogen-bond acceptors (Lipinski definition) is 1. The maximum Gasteiger partial charge on any atom is 0.183 e. The SMILES string of the molecule is C[C](C)=[Zr+2].C[Si](C)(C)OCCC1=CC([c-]2ccc3ccccc32)c2ccccc21.[Cl-].[Cl-]. The molecule has 0 saturated carbocycles. The van der Waals surface area contributed by atoms with E-state index in [2.05, 4.69) is 100 Å². The molecule has 5 heteroatoms. The van der Waals surface area contributed by atoms with Crippen molar-refractivity contribution >= 4 is 27.9 Å². The van der Waals surface area contributed by atoms with Crippen molar-refractivity contribution in [3.63, 3.8) is 0 Å². The molecule has 0 bridgehead atoms. The molecule has 1 atom stereocenters. The summed E-state index contributed by atoms with van der Waals surface area (Å²) in [7, 11) is -1.45. The van der Waals surface area contributed by atoms with Gasteiger partial charge < -0.3 is 29.2 Å². The number of allylic oxidation sites excluding steroid dienone is 1. The number of hydrogen-bond donors (Lipinski definition) is 0. The van der Waals surface area contributed by atoms with E-state index in [0.29, 0.717) is 5.92 Å². The van der Waals surface area contributed by atoms with Gasteiger partial charge in [0.25, 0.3) is 0 Å². The normalized spacial score (nSPS) is 14.5. The average molecular weight is 550 g/mol. The maximum atomic E-state index is 6.10. The van der Waals surface area contributed by atoms with Crippen LogP contribution in [-0.2, 0) is 28.7 Å². The Kier molecular flexibility index (Phi) is 11.4. The Labute approximate surface area is 215 Å². The first kappa shape index (κ1) is 28.3. The number of rotatable bonds is 5. The van der Waals surface area contributed by atoms with Crippen molar-refractivity contribution in [3.05, 3.63) is 83.4 Å². The summed E-state index contributed by atoms with van der Waals surface area (Å²) in [5.41, 5.74) is 5.69. The molecule has 164 valence electrons. The van der Waals surface area contributed by atoms with Crippen LogP contribution in [0.2, 0.25) is 19.6 Å². The van der Waals surface area contributed by atoms with Gasteiger partial charge in [-0.2, -0.15) is 6.07 Å². The molecule has 0 aliphatic heterocycles. The molecular weight excluding hydrogens is 519 g/mol. The van der Waals surface area contributed by atoms with E-state index in [4.69, 9.17) is 4.43 Å². The van der Waals surface area contributed by atoms with Crippen LogP contribution in [0.4, 0.5) is 0 Å². The van der Waals surface area contributed by atoms with Crippen molar-refractivity contribution in [1.82, 2.24) is 0 Å². The molecule has 4 rings (SSSR count). The van der Waals surface area contributed by atoms with Gasteiger partial charge in [-0.3, -0.25) is 0 Å². The van der Waals surface area contributed by atoms with Crippen LogP contribution in [0.15, 0.2) is 66.7 Å². The van der Waals surface area contributed by atoms with Gasteiger partial charge in [-0.1, -0.05) is 36.4 Å². The van der Waals surface area contributed by atoms with Gasteiger partial charge in [0.1, 0.15) is 0 Å². The molecule has 31 heavy (non-hydrogen) atoms. The molecule has 0 fully saturated rings. The Morgan fingerprint density at radius 2 is 1.58 bits per heavy atom. The minimum absolute atomic E-state index is 0. The minimum Gasteiger partial charge on any atom is -1.00 e. The third-order valence-electron chi connectivity index (χ3n) is 4.97. The van der Waals surface area contributed by atoms with Crippen molar-refractivity contribution < 1.29 is 53.5 Å². The molecule has 1 aliphatic rings. The monoisotopic (exact) mass is 547 g/mol. The van der Waals surface area contributed by atoms with Gasteiger partial charge >= 0.3 is 41.3 Å². The molecule has 0 saturated heterocycles. The van der Waals surface area contributed by atoms with Gasteiger partial charge in [0.15, 0.2) is 8.32 Å². The fourth-order valence-electron chi connectivity index (χ4n) is 3.83. The fourth-order valence-corrected chi connectivity index (χ4v) is 4.54. The van der Waals surface area contributed by atoms with E-state index < -0.39 is 8.32 Å². The second kappa shape index (κ2) is 12.5. The zero-order chi connectivity index (χ0) is 21.0. The number of benzene rings is 2. The molecular formula is C26H31Cl2OSiZr-. The van der Waals surface area contributed by atoms with Crippen LogP contribution in [-0.4, -0.2) is 18.1 Å². The molecule has 1 unspecified atom stereocenters. The van der Waals surface area contributed by atoms with Gasteiger partial charge in [0.2, 0.25) is 0 Å². The molecule has 0 N–H and O–H groups in total. The van der Waals surface area contributed by atoms with E-state index >= 15 is 0 Å². The average Bonchev–Trinajstić information content (AvgIpc) is 3.22. The van der Waals surface area contributed by atoms with Crippen LogP contribution < -0.4 is 24.8 Å². The first-order valence-electron chi connectivity index (χ1n) is 10.4. The van der Waals surface area contributed by atoms with Crippen molar-refractivity contribution in [2.75, 3.05) is 6.61 Å². The van der Waals surface area contributed by atoms with Crippen LogP contribution in [0.3, 0.4) is 0 Å². The van der Waals surface area contributed by atoms with Gasteiger partial charge in [-0.05, 0) is 48.7 Å². The molecule has 1 nitrogen and oxygen atoms in total. The van der Waals surface area contributed by atoms with Gasteiger partial charge in [0, 0.05) is 6.61 Å². The van der Waals surface area contributed by atoms with Crippen LogP contribution in [0, 0.1) is 0 Å². The molecule has 0 spiro atoms. The van der Waals surface area contributed by atoms with E-state index in [-0.39, 0.29) is 24.8 Å². The number of halogens is 2. The predicted molar refractivity (Wildman–Crippen MR) is 126 cm³/mol. The van der Waals surface area contributed by atoms with Gasteiger partial charge in [-0.25, -0.2) is 0 Å². The predicted octanol–water partition coefficient (Wildman–Crippen LogP) is 1.08. The molecule has 0 amide bonds. The van der Waals surface area contributed by atoms with E-state index in [1.165, 1.54) is 36.2 Å². The standard InChI is InChI=1S/C23H25OSi.C3H6.2ClH.Zr/c1-25(2,3)24-15-14-18-16-23(21-11-7-6-10-20(18)21)22-13-12-17-8-4-5-9-19(17)22;1-3-2;;;/h4-13,16,23H,14-15H2,1-3H3;1-2H3;2*1H;/q-1;;;;+2/p-2. The van der Waals surface area contributed by atoms with Crippen molar-refractivity contribution in [1.29, 1.82) is 0 Å². The van der Waals surface area contributed by atoms with Crippen molar-refractivity contribution in [2.45, 2.75) is 45.8 Å². The molecule has 0 heterocycles. The third kappa shape index (κ3) is 7.69. The zero-order valence-electron chi connectivity index (χ0n) is 19.0. The first-order chi connectivity index (χ1) is 13.8. The van der Waals surface area contributed by atoms with Crippen LogP contribution in [0.25, 0.3) is 16.3 Å². The molecule has 1 aliphatic carbocycles. The molecule has 3 aromatic rings. The summed E-state index contributed by atoms with van der Waals surface area (Å²) in [5, 5.41) is 2.71. The second-order valence-corrected chi connectivity index (χ2v) is 15.8. The number of fused-ring (bicyclic) bond motifs is 2. The van der Waals surface area contributed by atoms with Crippen LogP contribution >= 0.6 is 0 Å². The largest absolute Gasteiger partial charge is 1.00 e. The summed E-state index contributed by atoms with van der Waals surface area (Å²) in [6.45, 7) is 11.8. The van der Waals surface area contributed by atoms with E-state index in [9.17, 15) is 0 Å². The van der Waals surface area contributed by atoms with Crippen molar-refractivity contribution in [3.8, 4) is 0 Å². The second-order valence-electron chi connectivity index (χ2n) is 8.84. The van der Waals surface area contributed by atoms with Crippen LogP contribution in [0.5, 0.6) is 0 Å². The molecule has 3 aromatic carbocycles.